The summed E-state index contributed by atoms with van der Waals surface area (Å²) in [6, 6.07) is 8.69. The number of rotatable bonds is 4. The van der Waals surface area contributed by atoms with Crippen LogP contribution in [0, 0.1) is 5.92 Å². The molecule has 0 bridgehead atoms. The summed E-state index contributed by atoms with van der Waals surface area (Å²) in [5, 5.41) is 3.52. The van der Waals surface area contributed by atoms with Gasteiger partial charge in [0.2, 0.25) is 0 Å². The Morgan fingerprint density at radius 1 is 1.36 bits per heavy atom. The molecular weight excluding hydrogens is 425 g/mol. The molecular formula is C19H28IN5. The molecule has 0 saturated carbocycles. The van der Waals surface area contributed by atoms with Gasteiger partial charge in [0.1, 0.15) is 0 Å². The number of hydrogen-bond donors (Lipinski definition) is 1. The van der Waals surface area contributed by atoms with Crippen molar-refractivity contribution in [2.24, 2.45) is 10.9 Å². The Hall–Kier alpha value is -1.57. The Morgan fingerprint density at radius 2 is 2.20 bits per heavy atom. The molecule has 1 saturated heterocycles. The van der Waals surface area contributed by atoms with Crippen LogP contribution < -0.4 is 5.32 Å². The lowest BCUT2D eigenvalue weighted by molar-refractivity contribution is 0.266. The number of aliphatic imine (C=N–C) groups is 1. The molecule has 25 heavy (non-hydrogen) atoms. The minimum absolute atomic E-state index is 0. The number of benzene rings is 1. The average Bonchev–Trinajstić information content (AvgIpc) is 3.09. The Bertz CT molecular complexity index is 668. The highest BCUT2D eigenvalue weighted by molar-refractivity contribution is 14.0. The molecule has 5 nitrogen and oxygen atoms in total. The van der Waals surface area contributed by atoms with Crippen LogP contribution in [0.3, 0.4) is 0 Å². The second-order valence-electron chi connectivity index (χ2n) is 6.65. The number of imidazole rings is 1. The van der Waals surface area contributed by atoms with Crippen LogP contribution in [-0.2, 0) is 13.1 Å². The summed E-state index contributed by atoms with van der Waals surface area (Å²) >= 11 is 0. The molecule has 1 atom stereocenters. The van der Waals surface area contributed by atoms with E-state index in [4.69, 9.17) is 0 Å². The minimum Gasteiger partial charge on any atom is -0.352 e. The molecule has 2 heterocycles. The third-order valence-corrected chi connectivity index (χ3v) is 4.53. The lowest BCUT2D eigenvalue weighted by atomic mass is 10.0. The van der Waals surface area contributed by atoms with Gasteiger partial charge in [0.25, 0.3) is 0 Å². The fraction of sp³-hybridized carbons (Fsp3) is 0.474. The van der Waals surface area contributed by atoms with Gasteiger partial charge in [0.05, 0.1) is 6.33 Å². The first kappa shape index (κ1) is 19.8. The Labute approximate surface area is 167 Å². The van der Waals surface area contributed by atoms with Crippen LogP contribution >= 0.6 is 24.0 Å². The summed E-state index contributed by atoms with van der Waals surface area (Å²) in [5.74, 6) is 1.76. The van der Waals surface area contributed by atoms with E-state index in [-0.39, 0.29) is 24.0 Å². The van der Waals surface area contributed by atoms with E-state index >= 15 is 0 Å². The Morgan fingerprint density at radius 3 is 2.92 bits per heavy atom. The van der Waals surface area contributed by atoms with Gasteiger partial charge in [-0.2, -0.15) is 0 Å². The molecule has 0 aliphatic carbocycles. The number of halogens is 1. The van der Waals surface area contributed by atoms with Crippen molar-refractivity contribution in [3.63, 3.8) is 0 Å². The summed E-state index contributed by atoms with van der Waals surface area (Å²) in [6.07, 6.45) is 8.23. The zero-order chi connectivity index (χ0) is 16.8. The number of nitrogens with zero attached hydrogens (tertiary/aromatic N) is 4. The van der Waals surface area contributed by atoms with E-state index < -0.39 is 0 Å². The summed E-state index contributed by atoms with van der Waals surface area (Å²) in [5.41, 5.74) is 2.56. The number of nitrogens with one attached hydrogen (secondary N) is 1. The SMILES string of the molecule is CN=C(NCc1cccc(Cn2ccnc2)c1)N1CCCC(C)C1.I. The zero-order valence-corrected chi connectivity index (χ0v) is 17.4. The number of likely N-dealkylation sites (tertiary alicyclic amines) is 1. The molecule has 6 heteroatoms. The molecule has 0 amide bonds. The highest BCUT2D eigenvalue weighted by atomic mass is 127. The van der Waals surface area contributed by atoms with Gasteiger partial charge in [-0.15, -0.1) is 24.0 Å². The lowest BCUT2D eigenvalue weighted by Crippen LogP contribution is -2.45. The topological polar surface area (TPSA) is 45.5 Å². The molecule has 1 N–H and O–H groups in total. The van der Waals surface area contributed by atoms with Gasteiger partial charge in [-0.1, -0.05) is 31.2 Å². The summed E-state index contributed by atoms with van der Waals surface area (Å²) < 4.78 is 2.08. The van der Waals surface area contributed by atoms with Gasteiger partial charge < -0.3 is 14.8 Å². The van der Waals surface area contributed by atoms with Crippen molar-refractivity contribution in [1.82, 2.24) is 19.8 Å². The second-order valence-corrected chi connectivity index (χ2v) is 6.65. The molecule has 2 aromatic rings. The first-order valence-corrected chi connectivity index (χ1v) is 8.74. The Kier molecular flexibility index (Phi) is 7.74. The van der Waals surface area contributed by atoms with Crippen LogP contribution in [0.15, 0.2) is 48.0 Å². The van der Waals surface area contributed by atoms with Crippen molar-refractivity contribution in [3.05, 3.63) is 54.1 Å². The minimum atomic E-state index is 0. The summed E-state index contributed by atoms with van der Waals surface area (Å²) in [4.78, 5) is 10.9. The van der Waals surface area contributed by atoms with Crippen molar-refractivity contribution < 1.29 is 0 Å². The van der Waals surface area contributed by atoms with Crippen molar-refractivity contribution >= 4 is 29.9 Å². The highest BCUT2D eigenvalue weighted by Gasteiger charge is 2.18. The van der Waals surface area contributed by atoms with Crippen molar-refractivity contribution in [3.8, 4) is 0 Å². The Balaban J connectivity index is 0.00000225. The molecule has 1 fully saturated rings. The molecule has 0 spiro atoms. The normalized spacial score (nSPS) is 17.9. The maximum Gasteiger partial charge on any atom is 0.193 e. The van der Waals surface area contributed by atoms with Crippen molar-refractivity contribution in [2.75, 3.05) is 20.1 Å². The van der Waals surface area contributed by atoms with Crippen LogP contribution in [0.2, 0.25) is 0 Å². The van der Waals surface area contributed by atoms with Crippen LogP contribution in [0.1, 0.15) is 30.9 Å². The molecule has 1 aromatic carbocycles. The standard InChI is InChI=1S/C19H27N5.HI/c1-16-5-4-9-24(13-16)19(20-2)22-12-17-6-3-7-18(11-17)14-23-10-8-21-15-23;/h3,6-8,10-11,15-16H,4-5,9,12-14H2,1-2H3,(H,20,22);1H. The molecule has 1 aliphatic heterocycles. The summed E-state index contributed by atoms with van der Waals surface area (Å²) in [7, 11) is 1.87. The van der Waals surface area contributed by atoms with Gasteiger partial charge in [-0.05, 0) is 29.9 Å². The first-order chi connectivity index (χ1) is 11.7. The largest absolute Gasteiger partial charge is 0.352 e. The number of piperidine rings is 1. The van der Waals surface area contributed by atoms with E-state index in [1.165, 1.54) is 24.0 Å². The number of aromatic nitrogens is 2. The van der Waals surface area contributed by atoms with E-state index in [2.05, 4.69) is 55.9 Å². The van der Waals surface area contributed by atoms with E-state index in [1.807, 2.05) is 25.8 Å². The van der Waals surface area contributed by atoms with E-state index in [0.29, 0.717) is 0 Å². The third-order valence-electron chi connectivity index (χ3n) is 4.53. The highest BCUT2D eigenvalue weighted by Crippen LogP contribution is 2.15. The molecule has 1 aliphatic rings. The summed E-state index contributed by atoms with van der Waals surface area (Å²) in [6.45, 7) is 6.17. The fourth-order valence-corrected chi connectivity index (χ4v) is 3.32. The third kappa shape index (κ3) is 5.73. The zero-order valence-electron chi connectivity index (χ0n) is 15.1. The van der Waals surface area contributed by atoms with E-state index in [1.54, 1.807) is 0 Å². The number of guanidine groups is 1. The van der Waals surface area contributed by atoms with Crippen LogP contribution in [0.4, 0.5) is 0 Å². The lowest BCUT2D eigenvalue weighted by Gasteiger charge is -2.33. The second kappa shape index (κ2) is 9.79. The van der Waals surface area contributed by atoms with Gasteiger partial charge >= 0.3 is 0 Å². The van der Waals surface area contributed by atoms with Crippen LogP contribution in [-0.4, -0.2) is 40.5 Å². The monoisotopic (exact) mass is 453 g/mol. The fourth-order valence-electron chi connectivity index (χ4n) is 3.32. The predicted octanol–water partition coefficient (Wildman–Crippen LogP) is 3.36. The quantitative estimate of drug-likeness (QED) is 0.439. The van der Waals surface area contributed by atoms with Gasteiger partial charge in [0, 0.05) is 45.6 Å². The molecule has 1 aromatic heterocycles. The predicted molar refractivity (Wildman–Crippen MR) is 113 cm³/mol. The van der Waals surface area contributed by atoms with E-state index in [0.717, 1.165) is 38.1 Å². The molecule has 1 unspecified atom stereocenters. The molecule has 0 radical (unpaired) electrons. The number of hydrogen-bond acceptors (Lipinski definition) is 2. The van der Waals surface area contributed by atoms with Gasteiger partial charge in [0.15, 0.2) is 5.96 Å². The van der Waals surface area contributed by atoms with Crippen molar-refractivity contribution in [1.29, 1.82) is 0 Å². The van der Waals surface area contributed by atoms with E-state index in [9.17, 15) is 0 Å². The molecule has 3 rings (SSSR count). The maximum absolute atomic E-state index is 4.46. The van der Waals surface area contributed by atoms with Gasteiger partial charge in [-0.25, -0.2) is 4.98 Å². The smallest absolute Gasteiger partial charge is 0.193 e. The van der Waals surface area contributed by atoms with Gasteiger partial charge in [-0.3, -0.25) is 4.99 Å². The average molecular weight is 453 g/mol. The first-order valence-electron chi connectivity index (χ1n) is 8.74. The maximum atomic E-state index is 4.46. The van der Waals surface area contributed by atoms with Crippen LogP contribution in [0.25, 0.3) is 0 Å². The molecule has 136 valence electrons. The van der Waals surface area contributed by atoms with Crippen LogP contribution in [0.5, 0.6) is 0 Å². The van der Waals surface area contributed by atoms with Crippen molar-refractivity contribution in [2.45, 2.75) is 32.9 Å².